The molecule has 6 heteroatoms. The van der Waals surface area contributed by atoms with E-state index in [1.807, 2.05) is 24.3 Å². The number of aromatic nitrogens is 4. The first kappa shape index (κ1) is 8.49. The van der Waals surface area contributed by atoms with Gasteiger partial charge in [0.25, 0.3) is 0 Å². The number of benzene rings is 1. The van der Waals surface area contributed by atoms with Crippen molar-refractivity contribution in [3.8, 4) is 0 Å². The molecule has 0 unspecified atom stereocenters. The minimum atomic E-state index is 0.542. The molecule has 4 N–H and O–H groups in total. The minimum Gasteiger partial charge on any atom is -0.399 e. The largest absolute Gasteiger partial charge is 0.399 e. The zero-order valence-electron chi connectivity index (χ0n) is 7.44. The summed E-state index contributed by atoms with van der Waals surface area (Å²) in [5.41, 5.74) is 7.27. The van der Waals surface area contributed by atoms with Gasteiger partial charge in [0.05, 0.1) is 6.54 Å². The molecule has 0 spiro atoms. The van der Waals surface area contributed by atoms with Crippen LogP contribution < -0.4 is 11.1 Å². The van der Waals surface area contributed by atoms with Crippen LogP contribution in [0.1, 0.15) is 5.82 Å². The molecule has 0 atom stereocenters. The van der Waals surface area contributed by atoms with Crippen molar-refractivity contribution in [2.24, 2.45) is 0 Å². The number of nitrogens with one attached hydrogen (secondary N) is 2. The van der Waals surface area contributed by atoms with Crippen LogP contribution in [-0.4, -0.2) is 20.6 Å². The normalized spacial score (nSPS) is 10.0. The second-order valence-corrected chi connectivity index (χ2v) is 2.80. The third-order valence-electron chi connectivity index (χ3n) is 1.75. The van der Waals surface area contributed by atoms with E-state index in [0.29, 0.717) is 12.4 Å². The summed E-state index contributed by atoms with van der Waals surface area (Å²) in [6.07, 6.45) is 0. The lowest BCUT2D eigenvalue weighted by Gasteiger charge is -2.02. The number of nitrogens with zero attached hydrogens (tertiary/aromatic N) is 3. The molecule has 14 heavy (non-hydrogen) atoms. The molecule has 72 valence electrons. The molecule has 2 rings (SSSR count). The van der Waals surface area contributed by atoms with Gasteiger partial charge < -0.3 is 11.1 Å². The maximum Gasteiger partial charge on any atom is 0.193 e. The maximum absolute atomic E-state index is 5.55. The van der Waals surface area contributed by atoms with E-state index in [-0.39, 0.29) is 0 Å². The fraction of sp³-hybridized carbons (Fsp3) is 0.125. The summed E-state index contributed by atoms with van der Waals surface area (Å²) < 4.78 is 0. The molecule has 1 heterocycles. The first-order chi connectivity index (χ1) is 6.84. The van der Waals surface area contributed by atoms with Gasteiger partial charge in [0.1, 0.15) is 0 Å². The maximum atomic E-state index is 5.55. The van der Waals surface area contributed by atoms with Gasteiger partial charge >= 0.3 is 0 Å². The summed E-state index contributed by atoms with van der Waals surface area (Å²) in [5, 5.41) is 16.6. The second kappa shape index (κ2) is 3.73. The Bertz CT molecular complexity index is 379. The van der Waals surface area contributed by atoms with Gasteiger partial charge in [-0.1, -0.05) is 5.21 Å². The molecule has 0 bridgehead atoms. The van der Waals surface area contributed by atoms with Crippen LogP contribution in [0.2, 0.25) is 0 Å². The van der Waals surface area contributed by atoms with E-state index in [9.17, 15) is 0 Å². The molecule has 1 aromatic heterocycles. The number of anilines is 2. The highest BCUT2D eigenvalue weighted by Gasteiger charge is 1.97. The van der Waals surface area contributed by atoms with Crippen LogP contribution in [0.5, 0.6) is 0 Å². The van der Waals surface area contributed by atoms with E-state index in [4.69, 9.17) is 5.73 Å². The average Bonchev–Trinajstić information content (AvgIpc) is 2.70. The zero-order valence-corrected chi connectivity index (χ0v) is 7.44. The Morgan fingerprint density at radius 1 is 1.29 bits per heavy atom. The van der Waals surface area contributed by atoms with Crippen molar-refractivity contribution in [2.45, 2.75) is 6.54 Å². The molecule has 0 saturated carbocycles. The van der Waals surface area contributed by atoms with E-state index in [1.54, 1.807) is 0 Å². The molecule has 0 aliphatic carbocycles. The molecule has 0 aliphatic heterocycles. The Balaban J connectivity index is 1.95. The van der Waals surface area contributed by atoms with E-state index in [0.717, 1.165) is 11.4 Å². The molecule has 2 aromatic rings. The number of rotatable bonds is 3. The van der Waals surface area contributed by atoms with E-state index in [1.165, 1.54) is 0 Å². The van der Waals surface area contributed by atoms with Crippen LogP contribution in [0.15, 0.2) is 24.3 Å². The first-order valence-electron chi connectivity index (χ1n) is 4.16. The second-order valence-electron chi connectivity index (χ2n) is 2.80. The number of H-pyrrole nitrogens is 1. The van der Waals surface area contributed by atoms with Gasteiger partial charge in [-0.2, -0.15) is 5.21 Å². The number of nitrogen functional groups attached to an aromatic ring is 1. The van der Waals surface area contributed by atoms with Crippen molar-refractivity contribution >= 4 is 11.4 Å². The van der Waals surface area contributed by atoms with Gasteiger partial charge in [-0.25, -0.2) is 0 Å². The van der Waals surface area contributed by atoms with E-state index in [2.05, 4.69) is 25.9 Å². The van der Waals surface area contributed by atoms with E-state index < -0.39 is 0 Å². The summed E-state index contributed by atoms with van der Waals surface area (Å²) >= 11 is 0. The Hall–Kier alpha value is -2.11. The van der Waals surface area contributed by atoms with Gasteiger partial charge in [-0.15, -0.1) is 10.2 Å². The summed E-state index contributed by atoms with van der Waals surface area (Å²) in [5.74, 6) is 0.627. The number of hydrogen-bond donors (Lipinski definition) is 3. The lowest BCUT2D eigenvalue weighted by Crippen LogP contribution is -2.01. The topological polar surface area (TPSA) is 92.5 Å². The summed E-state index contributed by atoms with van der Waals surface area (Å²) in [7, 11) is 0. The molecular formula is C8H10N6. The zero-order chi connectivity index (χ0) is 9.80. The molecule has 6 nitrogen and oxygen atoms in total. The predicted molar refractivity (Wildman–Crippen MR) is 52.4 cm³/mol. The summed E-state index contributed by atoms with van der Waals surface area (Å²) in [6.45, 7) is 0.542. The predicted octanol–water partition coefficient (Wildman–Crippen LogP) is 0.394. The van der Waals surface area contributed by atoms with Crippen LogP contribution in [0, 0.1) is 0 Å². The van der Waals surface area contributed by atoms with Crippen molar-refractivity contribution in [1.82, 2.24) is 20.6 Å². The van der Waals surface area contributed by atoms with Crippen molar-refractivity contribution in [2.75, 3.05) is 11.1 Å². The van der Waals surface area contributed by atoms with Crippen molar-refractivity contribution in [1.29, 1.82) is 0 Å². The number of tetrazole rings is 1. The lowest BCUT2D eigenvalue weighted by molar-refractivity contribution is 0.881. The van der Waals surface area contributed by atoms with Crippen molar-refractivity contribution in [3.63, 3.8) is 0 Å². The SMILES string of the molecule is Nc1ccc(NCc2nn[nH]n2)cc1. The first-order valence-corrected chi connectivity index (χ1v) is 4.16. The van der Waals surface area contributed by atoms with Crippen LogP contribution >= 0.6 is 0 Å². The molecule has 0 fully saturated rings. The van der Waals surface area contributed by atoms with E-state index >= 15 is 0 Å². The molecule has 0 saturated heterocycles. The van der Waals surface area contributed by atoms with Gasteiger partial charge in [0.15, 0.2) is 5.82 Å². The average molecular weight is 190 g/mol. The lowest BCUT2D eigenvalue weighted by atomic mass is 10.3. The van der Waals surface area contributed by atoms with Crippen LogP contribution in [0.25, 0.3) is 0 Å². The van der Waals surface area contributed by atoms with Crippen molar-refractivity contribution in [3.05, 3.63) is 30.1 Å². The third kappa shape index (κ3) is 1.98. The molecule has 1 aromatic carbocycles. The Kier molecular flexibility index (Phi) is 2.26. The monoisotopic (exact) mass is 190 g/mol. The van der Waals surface area contributed by atoms with Crippen molar-refractivity contribution < 1.29 is 0 Å². The quantitative estimate of drug-likeness (QED) is 0.609. The van der Waals surface area contributed by atoms with Gasteiger partial charge in [0, 0.05) is 11.4 Å². The van der Waals surface area contributed by atoms with Crippen LogP contribution in [-0.2, 0) is 6.54 Å². The third-order valence-corrected chi connectivity index (χ3v) is 1.75. The molecule has 0 amide bonds. The van der Waals surface area contributed by atoms with Crippen LogP contribution in [0.3, 0.4) is 0 Å². The number of aromatic amines is 1. The molecular weight excluding hydrogens is 180 g/mol. The van der Waals surface area contributed by atoms with Gasteiger partial charge in [0.2, 0.25) is 0 Å². The number of hydrogen-bond acceptors (Lipinski definition) is 5. The van der Waals surface area contributed by atoms with Gasteiger partial charge in [-0.3, -0.25) is 0 Å². The summed E-state index contributed by atoms with van der Waals surface area (Å²) in [4.78, 5) is 0. The highest BCUT2D eigenvalue weighted by Crippen LogP contribution is 2.10. The van der Waals surface area contributed by atoms with Crippen LogP contribution in [0.4, 0.5) is 11.4 Å². The standard InChI is InChI=1S/C8H10N6/c9-6-1-3-7(4-2-6)10-5-8-11-13-14-12-8/h1-4,10H,5,9H2,(H,11,12,13,14). The molecule has 0 aliphatic rings. The number of nitrogens with two attached hydrogens (primary N) is 1. The fourth-order valence-corrected chi connectivity index (χ4v) is 1.04. The Labute approximate surface area is 80.5 Å². The Morgan fingerprint density at radius 3 is 2.71 bits per heavy atom. The Morgan fingerprint density at radius 2 is 2.07 bits per heavy atom. The van der Waals surface area contributed by atoms with Gasteiger partial charge in [-0.05, 0) is 24.3 Å². The smallest absolute Gasteiger partial charge is 0.193 e. The highest BCUT2D eigenvalue weighted by atomic mass is 15.5. The minimum absolute atomic E-state index is 0.542. The highest BCUT2D eigenvalue weighted by molar-refractivity contribution is 5.51. The fourth-order valence-electron chi connectivity index (χ4n) is 1.04. The summed E-state index contributed by atoms with van der Waals surface area (Å²) in [6, 6.07) is 7.46. The molecule has 0 radical (unpaired) electrons.